The minimum atomic E-state index is -0.492. The first-order chi connectivity index (χ1) is 64.2. The van der Waals surface area contributed by atoms with Crippen molar-refractivity contribution in [2.45, 2.75) is 119 Å². The third-order valence-corrected chi connectivity index (χ3v) is 24.4. The number of halogens is 4. The Bertz CT molecular complexity index is 4130. The van der Waals surface area contributed by atoms with Gasteiger partial charge >= 0.3 is 43.2 Å². The van der Waals surface area contributed by atoms with Crippen LogP contribution in [0.5, 0.6) is 0 Å². The van der Waals surface area contributed by atoms with Gasteiger partial charge in [-0.3, -0.25) is 0 Å². The number of allylic oxidation sites excluding steroid dienone is 6. The van der Waals surface area contributed by atoms with E-state index >= 15 is 0 Å². The summed E-state index contributed by atoms with van der Waals surface area (Å²) in [6.07, 6.45) is 35.9. The third kappa shape index (κ3) is 80.2. The molecule has 0 saturated heterocycles. The fourth-order valence-electron chi connectivity index (χ4n) is 11.6. The average Bonchev–Trinajstić information content (AvgIpc) is 1.40. The molecule has 0 aromatic heterocycles. The Kier molecular flexibility index (Phi) is 108. The first-order valence-corrected chi connectivity index (χ1v) is 58.3. The number of aryl methyl sites for hydroxylation is 6. The van der Waals surface area contributed by atoms with Gasteiger partial charge in [0.25, 0.3) is 0 Å². The van der Waals surface area contributed by atoms with E-state index in [0.717, 1.165) is 82.3 Å². The van der Waals surface area contributed by atoms with Crippen LogP contribution in [0, 0.1) is 134 Å². The molecular weight excluding hydrogens is 2740 g/mol. The van der Waals surface area contributed by atoms with Crippen molar-refractivity contribution >= 4 is 176 Å². The molecule has 8 aromatic rings. The number of benzene rings is 8. The molecule has 758 valence electrons. The van der Waals surface area contributed by atoms with Gasteiger partial charge in [-0.25, -0.2) is 38.7 Å². The fourth-order valence-corrected chi connectivity index (χ4v) is 12.8. The Morgan fingerprint density at radius 3 is 0.920 bits per heavy atom. The quantitative estimate of drug-likeness (QED) is 0.00187. The maximum atomic E-state index is 11.8. The van der Waals surface area contributed by atoms with Crippen molar-refractivity contribution in [3.05, 3.63) is 354 Å². The normalized spacial score (nSPS) is 13.4. The number of carbonyl (C=O) groups excluding carboxylic acids is 4. The number of nitrogens with one attached hydrogen (secondary N) is 4. The van der Waals surface area contributed by atoms with Crippen LogP contribution in [0.2, 0.25) is 0 Å². The number of hydrogen-bond acceptors (Lipinski definition) is 18. The van der Waals surface area contributed by atoms with Crippen molar-refractivity contribution < 1.29 is 189 Å². The molecule has 2 fully saturated rings. The molecule has 6 unspecified atom stereocenters. The number of alkyl carbamates (subject to hydrolysis) is 4. The topological polar surface area (TPSA) is 268 Å². The van der Waals surface area contributed by atoms with E-state index in [0.29, 0.717) is 68.9 Å². The minimum absolute atomic E-state index is 0. The monoisotopic (exact) mass is 2890 g/mol. The Hall–Kier alpha value is -4.01. The largest absolute Gasteiger partial charge is 0.445 e. The summed E-state index contributed by atoms with van der Waals surface area (Å²) in [4.78, 5) is 97.6. The van der Waals surface area contributed by atoms with Gasteiger partial charge in [-0.1, -0.05) is 262 Å². The summed E-state index contributed by atoms with van der Waals surface area (Å²) in [6, 6.07) is 67.6. The van der Waals surface area contributed by atoms with Crippen molar-refractivity contribution in [1.82, 2.24) is 21.3 Å². The van der Waals surface area contributed by atoms with E-state index < -0.39 is 18.9 Å². The second-order valence-electron chi connectivity index (χ2n) is 28.7. The number of alkyl halides is 2. The number of amides is 4. The Morgan fingerprint density at radius 2 is 0.717 bits per heavy atom. The van der Waals surface area contributed by atoms with E-state index in [4.69, 9.17) is 38.3 Å². The van der Waals surface area contributed by atoms with Crippen LogP contribution in [-0.4, -0.2) is 145 Å². The zero-order chi connectivity index (χ0) is 96.9. The summed E-state index contributed by atoms with van der Waals surface area (Å²) in [5.41, 5.74) is 13.9. The molecule has 2 saturated carbocycles. The molecule has 4 aliphatic rings. The maximum Gasteiger partial charge on any atom is 0.407 e. The molecule has 0 spiro atoms. The minimum Gasteiger partial charge on any atom is -0.445 e. The molecule has 2 radical (unpaired) electrons. The number of rotatable bonds is 34. The van der Waals surface area contributed by atoms with Crippen molar-refractivity contribution in [2.24, 2.45) is 23.7 Å². The van der Waals surface area contributed by atoms with Crippen LogP contribution < -0.4 is 21.3 Å². The van der Waals surface area contributed by atoms with Crippen LogP contribution >= 0.6 is 120 Å². The molecule has 4 amide bonds. The summed E-state index contributed by atoms with van der Waals surface area (Å²) >= 11 is 11.1. The van der Waals surface area contributed by atoms with E-state index in [2.05, 4.69) is 291 Å². The zero-order valence-corrected chi connectivity index (χ0v) is 107. The molecule has 6 atom stereocenters. The number of hydrogen-bond donors (Lipinski definition) is 6. The van der Waals surface area contributed by atoms with E-state index in [1.54, 1.807) is 12.2 Å². The summed E-state index contributed by atoms with van der Waals surface area (Å²) in [6.45, 7) is 20.5. The predicted octanol–water partition coefficient (Wildman–Crippen LogP) is 23.2. The van der Waals surface area contributed by atoms with Gasteiger partial charge in [-0.2, -0.15) is 36.8 Å². The maximum absolute atomic E-state index is 11.8. The molecule has 0 aliphatic heterocycles. The third-order valence-electron chi connectivity index (χ3n) is 18.3. The van der Waals surface area contributed by atoms with E-state index in [9.17, 15) is 19.2 Å². The first kappa shape index (κ1) is 145. The van der Waals surface area contributed by atoms with Crippen LogP contribution in [0.3, 0.4) is 0 Å². The van der Waals surface area contributed by atoms with Gasteiger partial charge < -0.3 is 59.6 Å². The smallest absolute Gasteiger partial charge is 0.407 e. The molecule has 36 heteroatoms. The molecule has 6 N–H and O–H groups in total. The van der Waals surface area contributed by atoms with Crippen molar-refractivity contribution in [2.75, 3.05) is 91.8 Å². The van der Waals surface area contributed by atoms with Crippen molar-refractivity contribution in [1.29, 1.82) is 0 Å². The number of carbonyl (C=O) groups is 4. The van der Waals surface area contributed by atoms with Crippen LogP contribution in [0.25, 0.3) is 12.2 Å². The number of fused-ring (bicyclic) bond motifs is 4. The van der Waals surface area contributed by atoms with Crippen LogP contribution in [0.4, 0.5) is 19.2 Å². The molecule has 22 nitrogen and oxygen atoms in total. The van der Waals surface area contributed by atoms with Gasteiger partial charge in [0, 0.05) is 184 Å². The molecule has 138 heavy (non-hydrogen) atoms. The molecule has 0 heterocycles. The summed E-state index contributed by atoms with van der Waals surface area (Å²) in [5, 5.41) is 12.3. The predicted molar refractivity (Wildman–Crippen MR) is 600 cm³/mol. The molecule has 8 aromatic carbocycles. The average molecular weight is 2900 g/mol. The second-order valence-corrected chi connectivity index (χ2v) is 42.1. The Labute approximate surface area is 963 Å². The fraction of sp³-hybridized carbons (Fsp3) is 0.353. The van der Waals surface area contributed by atoms with Crippen LogP contribution in [0.15, 0.2) is 267 Å². The van der Waals surface area contributed by atoms with Gasteiger partial charge in [0.1, 0.15) is 64.0 Å². The first-order valence-electron chi connectivity index (χ1n) is 43.8. The molecule has 4 bridgehead atoms. The molecular formula is C102H150Br2I2N4O18P2S2Si2U2V2+4. The standard InChI is InChI=1S/2C22H27NO4.2C10H12BrNO2.2C7H7I.2C7H9.2C4H8O2.2CH7OPSi.2H2S.2U.2V.2H2/c2*1-18-9-6-12-20(21(18)14-8-16-27-25-2)13-7-15-23-22(24)26-17-19-10-4-3-5-11-19;2*11-6-7-12-10(13)14-8-9-4-2-1-3-5-9;2*1-6-4-2-3-5-7(6)8;2*1-2-7-4-3-6(1)5-7;2*1-3-4-6-5-2;2*1-3-4-2;;;;;;;;/h2*3-6,8-12,14H,7,13,15-17H2,1-2H3,(H,23,24);2*1-5H,6-8H2,(H,12,13);2*2-5H,1H3;2*1-3,6-7H,4-5H2;2*3-4H,1-2H3;2*2-3H,4H2,1H3;2*1H2;;;;;2*1H/q;;;;;;2*+1;;;;;;;;;;;;/p+2/b2*14-8+;;;;;;;2*4-3+;;;;;;;;;;/i;;;;;;;;;;;;;;;;;;2*1+2. The summed E-state index contributed by atoms with van der Waals surface area (Å²) < 4.78 is 23.0. The number of ether oxygens (including phenoxy) is 4. The molecule has 4 aliphatic carbocycles. The van der Waals surface area contributed by atoms with Crippen LogP contribution in [0.1, 0.15) is 122 Å². The second kappa shape index (κ2) is 103. The summed E-state index contributed by atoms with van der Waals surface area (Å²) in [5.74, 6) is 3.60. The van der Waals surface area contributed by atoms with Gasteiger partial charge in [-0.15, -0.1) is 0 Å². The zero-order valence-electron chi connectivity index (χ0n) is 81.6. The van der Waals surface area contributed by atoms with E-state index in [1.807, 2.05) is 159 Å². The SMILES string of the molecule is C/C=C/OOC.C/C=C/OOC.C1=CC2C[CH+]C1C2.C1=CC2C[CH+]C1C2.COOC/C=C/c1c(C)cccc1CCCNC(=O)OCc1ccccc1.COOC/C=C/c1c(C)cccc1CCCNC(=O)OCc1ccccc1.C[PH2+][SiH2]O.C[PH2+][SiH2]O.Cc1ccccc1I.Cc1ccccc1I.O=C(NCCBr)OCc1ccccc1.O=C(NCCBr)OCc1ccccc1.S.S.[3HH].[3HH].[U].[U].[V].[V]. The summed E-state index contributed by atoms with van der Waals surface area (Å²) in [7, 11) is 5.87. The van der Waals surface area contributed by atoms with Gasteiger partial charge in [0.05, 0.1) is 54.1 Å². The van der Waals surface area contributed by atoms with Crippen LogP contribution in [-0.2, 0) is 134 Å². The van der Waals surface area contributed by atoms with E-state index in [-0.39, 0.29) is 167 Å². The van der Waals surface area contributed by atoms with Gasteiger partial charge in [0.15, 0.2) is 0 Å². The van der Waals surface area contributed by atoms with Gasteiger partial charge in [-0.05, 0) is 232 Å². The van der Waals surface area contributed by atoms with Crippen molar-refractivity contribution in [3.63, 3.8) is 0 Å². The van der Waals surface area contributed by atoms with E-state index in [1.165, 1.54) is 118 Å². The van der Waals surface area contributed by atoms with Crippen molar-refractivity contribution in [3.8, 4) is 0 Å². The molecule has 12 rings (SSSR count). The Morgan fingerprint density at radius 1 is 0.435 bits per heavy atom. The van der Waals surface area contributed by atoms with Gasteiger partial charge in [0.2, 0.25) is 0 Å². The Balaban J connectivity index is -0.000000237.